The Hall–Kier alpha value is -0.400. The largest absolute Gasteiger partial charge is 0.335 e. The van der Waals surface area contributed by atoms with E-state index in [0.717, 1.165) is 9.86 Å². The van der Waals surface area contributed by atoms with Gasteiger partial charge < -0.3 is 9.47 Å². The molecule has 0 fully saturated rings. The zero-order chi connectivity index (χ0) is 11.3. The van der Waals surface area contributed by atoms with Crippen molar-refractivity contribution >= 4 is 28.9 Å². The zero-order valence-corrected chi connectivity index (χ0v) is 10.9. The van der Waals surface area contributed by atoms with Crippen LogP contribution in [0.4, 0.5) is 0 Å². The zero-order valence-electron chi connectivity index (χ0n) is 8.77. The molecular weight excluding hydrogens is 309 g/mol. The highest BCUT2D eigenvalue weighted by Gasteiger charge is 2.14. The third kappa shape index (κ3) is 3.29. The van der Waals surface area contributed by atoms with Crippen LogP contribution in [0.2, 0.25) is 0 Å². The number of aromatic nitrogens is 1. The number of carbonyl (C=O) groups is 1. The van der Waals surface area contributed by atoms with Crippen LogP contribution in [0, 0.1) is 3.57 Å². The molecule has 0 N–H and O–H groups in total. The molecule has 0 radical (unpaired) electrons. The summed E-state index contributed by atoms with van der Waals surface area (Å²) >= 11 is 2.15. The van der Waals surface area contributed by atoms with Gasteiger partial charge in [0.1, 0.15) is 0 Å². The van der Waals surface area contributed by atoms with Crippen LogP contribution in [0.5, 0.6) is 0 Å². The maximum Gasteiger partial charge on any atom is 0.244 e. The summed E-state index contributed by atoms with van der Waals surface area (Å²) in [6.45, 7) is 4.86. The average Bonchev–Trinajstić information content (AvgIpc) is 2.59. The topological polar surface area (TPSA) is 40.5 Å². The van der Waals surface area contributed by atoms with E-state index >= 15 is 0 Å². The van der Waals surface area contributed by atoms with Crippen LogP contribution in [-0.2, 0) is 9.47 Å². The molecule has 0 aliphatic heterocycles. The van der Waals surface area contributed by atoms with E-state index in [9.17, 15) is 4.79 Å². The first-order valence-electron chi connectivity index (χ1n) is 4.78. The minimum absolute atomic E-state index is 0.510. The van der Waals surface area contributed by atoms with Crippen molar-refractivity contribution in [1.82, 2.24) is 4.57 Å². The molecule has 1 aromatic heterocycles. The quantitative estimate of drug-likeness (QED) is 0.459. The molecule has 4 nitrogen and oxygen atoms in total. The molecule has 1 aromatic rings. The fraction of sp³-hybridized carbons (Fsp3) is 0.500. The van der Waals surface area contributed by atoms with Crippen molar-refractivity contribution in [3.8, 4) is 0 Å². The second-order valence-electron chi connectivity index (χ2n) is 2.83. The highest BCUT2D eigenvalue weighted by Crippen LogP contribution is 2.18. The first-order chi connectivity index (χ1) is 7.22. The van der Waals surface area contributed by atoms with Gasteiger partial charge in [0.2, 0.25) is 6.41 Å². The number of hydrogen-bond acceptors (Lipinski definition) is 3. The molecule has 5 heteroatoms. The first kappa shape index (κ1) is 12.7. The van der Waals surface area contributed by atoms with Gasteiger partial charge in [-0.1, -0.05) is 0 Å². The Labute approximate surface area is 103 Å². The number of hydrogen-bond donors (Lipinski definition) is 0. The van der Waals surface area contributed by atoms with Gasteiger partial charge in [0.15, 0.2) is 6.29 Å². The molecule has 0 aliphatic carbocycles. The summed E-state index contributed by atoms with van der Waals surface area (Å²) < 4.78 is 13.5. The van der Waals surface area contributed by atoms with E-state index < -0.39 is 6.41 Å². The fourth-order valence-corrected chi connectivity index (χ4v) is 1.85. The highest BCUT2D eigenvalue weighted by atomic mass is 127. The monoisotopic (exact) mass is 323 g/mol. The predicted octanol–water partition coefficient (Wildman–Crippen LogP) is 2.43. The second-order valence-corrected chi connectivity index (χ2v) is 4.07. The predicted molar refractivity (Wildman–Crippen MR) is 64.8 cm³/mol. The van der Waals surface area contributed by atoms with Crippen molar-refractivity contribution in [1.29, 1.82) is 0 Å². The maximum atomic E-state index is 10.8. The molecule has 0 saturated carbocycles. The summed E-state index contributed by atoms with van der Waals surface area (Å²) in [5, 5.41) is 0. The molecule has 0 bridgehead atoms. The standard InChI is InChI=1S/C10H14INO3/c1-3-14-10(15-4-2)12-6-8(11)5-9(12)7-13/h5-7,10H,3-4H2,1-2H3. The summed E-state index contributed by atoms with van der Waals surface area (Å²) in [7, 11) is 0. The van der Waals surface area contributed by atoms with E-state index in [2.05, 4.69) is 22.6 Å². The van der Waals surface area contributed by atoms with E-state index in [-0.39, 0.29) is 0 Å². The van der Waals surface area contributed by atoms with Gasteiger partial charge in [-0.25, -0.2) is 0 Å². The highest BCUT2D eigenvalue weighted by molar-refractivity contribution is 14.1. The van der Waals surface area contributed by atoms with Crippen LogP contribution >= 0.6 is 22.6 Å². The summed E-state index contributed by atoms with van der Waals surface area (Å²) in [6.07, 6.45) is 2.12. The van der Waals surface area contributed by atoms with Gasteiger partial charge in [0.05, 0.1) is 5.69 Å². The van der Waals surface area contributed by atoms with Gasteiger partial charge in [0.25, 0.3) is 0 Å². The minimum Gasteiger partial charge on any atom is -0.335 e. The molecule has 84 valence electrons. The van der Waals surface area contributed by atoms with E-state index in [1.807, 2.05) is 20.0 Å². The lowest BCUT2D eigenvalue weighted by Gasteiger charge is -2.19. The number of ether oxygens (including phenoxy) is 2. The van der Waals surface area contributed by atoms with E-state index in [1.165, 1.54) is 0 Å². The van der Waals surface area contributed by atoms with E-state index in [4.69, 9.17) is 9.47 Å². The third-order valence-corrected chi connectivity index (χ3v) is 2.40. The van der Waals surface area contributed by atoms with Crippen molar-refractivity contribution in [2.45, 2.75) is 20.3 Å². The molecule has 0 aliphatic rings. The van der Waals surface area contributed by atoms with Crippen LogP contribution in [0.15, 0.2) is 12.3 Å². The van der Waals surface area contributed by atoms with Crippen LogP contribution < -0.4 is 0 Å². The average molecular weight is 323 g/mol. The summed E-state index contributed by atoms with van der Waals surface area (Å²) in [5.74, 6) is 0. The minimum atomic E-state index is -0.510. The lowest BCUT2D eigenvalue weighted by Crippen LogP contribution is -2.17. The van der Waals surface area contributed by atoms with Crippen LogP contribution in [0.3, 0.4) is 0 Å². The van der Waals surface area contributed by atoms with Crippen LogP contribution in [0.1, 0.15) is 30.7 Å². The third-order valence-electron chi connectivity index (χ3n) is 1.81. The van der Waals surface area contributed by atoms with Gasteiger partial charge in [-0.3, -0.25) is 9.36 Å². The first-order valence-corrected chi connectivity index (χ1v) is 5.86. The van der Waals surface area contributed by atoms with Gasteiger partial charge in [-0.15, -0.1) is 0 Å². The Morgan fingerprint density at radius 1 is 1.47 bits per heavy atom. The van der Waals surface area contributed by atoms with Crippen molar-refractivity contribution in [2.24, 2.45) is 0 Å². The number of carbonyl (C=O) groups excluding carboxylic acids is 1. The molecule has 1 heterocycles. The normalized spacial score (nSPS) is 10.9. The Morgan fingerprint density at radius 3 is 2.53 bits per heavy atom. The van der Waals surface area contributed by atoms with Gasteiger partial charge >= 0.3 is 0 Å². The lowest BCUT2D eigenvalue weighted by molar-refractivity contribution is -0.186. The molecule has 0 atom stereocenters. The lowest BCUT2D eigenvalue weighted by atomic mass is 10.5. The molecule has 15 heavy (non-hydrogen) atoms. The number of aldehydes is 1. The van der Waals surface area contributed by atoms with Gasteiger partial charge in [-0.05, 0) is 42.5 Å². The Balaban J connectivity index is 2.92. The number of nitrogens with zero attached hydrogens (tertiary/aromatic N) is 1. The molecule has 1 rings (SSSR count). The second kappa shape index (κ2) is 6.24. The van der Waals surface area contributed by atoms with E-state index in [1.54, 1.807) is 10.6 Å². The summed E-state index contributed by atoms with van der Waals surface area (Å²) in [4.78, 5) is 10.8. The maximum absolute atomic E-state index is 10.8. The Bertz CT molecular complexity index is 318. The van der Waals surface area contributed by atoms with Crippen LogP contribution in [-0.4, -0.2) is 24.1 Å². The van der Waals surface area contributed by atoms with Crippen molar-refractivity contribution in [2.75, 3.05) is 13.2 Å². The number of halogens is 1. The van der Waals surface area contributed by atoms with Crippen LogP contribution in [0.25, 0.3) is 0 Å². The molecule has 0 aromatic carbocycles. The van der Waals surface area contributed by atoms with Gasteiger partial charge in [0, 0.05) is 23.0 Å². The van der Waals surface area contributed by atoms with Gasteiger partial charge in [-0.2, -0.15) is 0 Å². The van der Waals surface area contributed by atoms with E-state index in [0.29, 0.717) is 18.9 Å². The molecule has 0 spiro atoms. The van der Waals surface area contributed by atoms with Crippen molar-refractivity contribution in [3.05, 3.63) is 21.5 Å². The Kier molecular flexibility index (Phi) is 5.27. The molecule has 0 saturated heterocycles. The summed E-state index contributed by atoms with van der Waals surface area (Å²) in [5.41, 5.74) is 0.561. The molecule has 0 unspecified atom stereocenters. The van der Waals surface area contributed by atoms with Crippen molar-refractivity contribution in [3.63, 3.8) is 0 Å². The number of rotatable bonds is 6. The molecular formula is C10H14INO3. The van der Waals surface area contributed by atoms with Crippen molar-refractivity contribution < 1.29 is 14.3 Å². The fourth-order valence-electron chi connectivity index (χ4n) is 1.23. The summed E-state index contributed by atoms with van der Waals surface area (Å²) in [6, 6.07) is 1.79. The SMILES string of the molecule is CCOC(OCC)n1cc(I)cc1C=O. The molecule has 0 amide bonds. The smallest absolute Gasteiger partial charge is 0.244 e. The Morgan fingerprint density at radius 2 is 2.07 bits per heavy atom.